The second-order valence-corrected chi connectivity index (χ2v) is 6.38. The van der Waals surface area contributed by atoms with E-state index in [1.54, 1.807) is 20.8 Å². The zero-order valence-corrected chi connectivity index (χ0v) is 10.1. The van der Waals surface area contributed by atoms with Crippen LogP contribution in [0.25, 0.3) is 0 Å². The van der Waals surface area contributed by atoms with Crippen molar-refractivity contribution in [3.63, 3.8) is 0 Å². The maximum absolute atomic E-state index is 11.9. The number of nitrogens with one attached hydrogen (secondary N) is 1. The maximum atomic E-state index is 11.9. The fourth-order valence-corrected chi connectivity index (χ4v) is 3.35. The quantitative estimate of drug-likeness (QED) is 0.756. The molecule has 86 valence electrons. The van der Waals surface area contributed by atoms with E-state index < -0.39 is 21.8 Å². The Morgan fingerprint density at radius 1 is 1.47 bits per heavy atom. The molecule has 0 aromatic rings. The van der Waals surface area contributed by atoms with Crippen molar-refractivity contribution in [1.82, 2.24) is 9.03 Å². The first-order chi connectivity index (χ1) is 6.76. The van der Waals surface area contributed by atoms with Crippen LogP contribution in [0.5, 0.6) is 0 Å². The van der Waals surface area contributed by atoms with Crippen LogP contribution in [-0.2, 0) is 10.2 Å². The van der Waals surface area contributed by atoms with Crippen molar-refractivity contribution in [3.8, 4) is 6.07 Å². The third-order valence-corrected chi connectivity index (χ3v) is 4.02. The van der Waals surface area contributed by atoms with Gasteiger partial charge in [0.2, 0.25) is 0 Å². The lowest BCUT2D eigenvalue weighted by molar-refractivity contribution is 0.402. The van der Waals surface area contributed by atoms with Gasteiger partial charge in [-0.25, -0.2) is 0 Å². The summed E-state index contributed by atoms with van der Waals surface area (Å²) in [5.74, 6) is 0. The summed E-state index contributed by atoms with van der Waals surface area (Å²) in [5.41, 5.74) is -0.512. The number of hydrogen-bond acceptors (Lipinski definition) is 3. The summed E-state index contributed by atoms with van der Waals surface area (Å²) in [7, 11) is -3.52. The van der Waals surface area contributed by atoms with Crippen LogP contribution in [0.3, 0.4) is 0 Å². The second-order valence-electron chi connectivity index (χ2n) is 4.75. The van der Waals surface area contributed by atoms with Crippen LogP contribution in [-0.4, -0.2) is 30.8 Å². The van der Waals surface area contributed by atoms with E-state index in [1.807, 2.05) is 6.07 Å². The zero-order valence-electron chi connectivity index (χ0n) is 9.32. The molecule has 1 aliphatic rings. The smallest absolute Gasteiger partial charge is 0.197 e. The Bertz CT molecular complexity index is 364. The van der Waals surface area contributed by atoms with Gasteiger partial charge < -0.3 is 0 Å². The van der Waals surface area contributed by atoms with Crippen molar-refractivity contribution in [2.24, 2.45) is 0 Å². The Kier molecular flexibility index (Phi) is 3.38. The largest absolute Gasteiger partial charge is 0.281 e. The zero-order chi connectivity index (χ0) is 11.7. The molecule has 1 unspecified atom stereocenters. The Morgan fingerprint density at radius 3 is 2.53 bits per heavy atom. The highest BCUT2D eigenvalue weighted by Gasteiger charge is 2.36. The summed E-state index contributed by atoms with van der Waals surface area (Å²) in [4.78, 5) is 0. The van der Waals surface area contributed by atoms with Gasteiger partial charge in [-0.3, -0.25) is 0 Å². The lowest BCUT2D eigenvalue weighted by Crippen LogP contribution is -2.50. The Morgan fingerprint density at radius 2 is 2.07 bits per heavy atom. The topological polar surface area (TPSA) is 73.2 Å². The molecule has 0 aromatic heterocycles. The molecule has 0 radical (unpaired) electrons. The second kappa shape index (κ2) is 4.08. The molecule has 0 saturated carbocycles. The van der Waals surface area contributed by atoms with E-state index in [9.17, 15) is 8.42 Å². The number of hydrogen-bond donors (Lipinski definition) is 1. The molecule has 1 aliphatic heterocycles. The van der Waals surface area contributed by atoms with Crippen molar-refractivity contribution in [1.29, 1.82) is 5.26 Å². The third kappa shape index (κ3) is 3.16. The van der Waals surface area contributed by atoms with E-state index in [1.165, 1.54) is 4.31 Å². The predicted molar refractivity (Wildman–Crippen MR) is 57.1 cm³/mol. The molecule has 1 rings (SSSR count). The van der Waals surface area contributed by atoms with Crippen molar-refractivity contribution >= 4 is 10.2 Å². The molecule has 5 nitrogen and oxygen atoms in total. The molecule has 1 N–H and O–H groups in total. The summed E-state index contributed by atoms with van der Waals surface area (Å²) < 4.78 is 27.6. The van der Waals surface area contributed by atoms with Gasteiger partial charge >= 0.3 is 0 Å². The highest BCUT2D eigenvalue weighted by atomic mass is 32.2. The SMILES string of the molecule is CC(C)(C)NS(=O)(=O)N1CCCC1C#N. The van der Waals surface area contributed by atoms with Crippen LogP contribution in [0.1, 0.15) is 33.6 Å². The van der Waals surface area contributed by atoms with Gasteiger partial charge in [0.25, 0.3) is 10.2 Å². The standard InChI is InChI=1S/C9H17N3O2S/c1-9(2,3)11-15(13,14)12-6-4-5-8(12)7-10/h8,11H,4-6H2,1-3H3. The minimum atomic E-state index is -3.52. The molecule has 15 heavy (non-hydrogen) atoms. The summed E-state index contributed by atoms with van der Waals surface area (Å²) >= 11 is 0. The number of nitriles is 1. The molecule has 0 amide bonds. The van der Waals surface area contributed by atoms with Crippen LogP contribution in [0, 0.1) is 11.3 Å². The van der Waals surface area contributed by atoms with Gasteiger partial charge in [0.15, 0.2) is 0 Å². The average molecular weight is 231 g/mol. The summed E-state index contributed by atoms with van der Waals surface area (Å²) in [6.45, 7) is 5.77. The van der Waals surface area contributed by atoms with Crippen LogP contribution < -0.4 is 4.72 Å². The van der Waals surface area contributed by atoms with Gasteiger partial charge in [-0.15, -0.1) is 0 Å². The molecular weight excluding hydrogens is 214 g/mol. The van der Waals surface area contributed by atoms with Gasteiger partial charge in [0.05, 0.1) is 6.07 Å². The molecule has 0 bridgehead atoms. The molecule has 1 heterocycles. The van der Waals surface area contributed by atoms with E-state index in [4.69, 9.17) is 5.26 Å². The Balaban J connectivity index is 2.83. The average Bonchev–Trinajstić information content (AvgIpc) is 2.46. The first kappa shape index (κ1) is 12.4. The Labute approximate surface area is 91.3 Å². The van der Waals surface area contributed by atoms with Crippen LogP contribution >= 0.6 is 0 Å². The van der Waals surface area contributed by atoms with Crippen LogP contribution in [0.15, 0.2) is 0 Å². The van der Waals surface area contributed by atoms with Gasteiger partial charge in [0.1, 0.15) is 6.04 Å². The van der Waals surface area contributed by atoms with Crippen molar-refractivity contribution < 1.29 is 8.42 Å². The molecule has 0 spiro atoms. The molecule has 6 heteroatoms. The molecule has 1 fully saturated rings. The normalized spacial score (nSPS) is 24.0. The Hall–Kier alpha value is -0.640. The summed E-state index contributed by atoms with van der Waals surface area (Å²) in [6.07, 6.45) is 1.38. The molecule has 1 atom stereocenters. The first-order valence-electron chi connectivity index (χ1n) is 4.96. The maximum Gasteiger partial charge on any atom is 0.281 e. The van der Waals surface area contributed by atoms with E-state index >= 15 is 0 Å². The lowest BCUT2D eigenvalue weighted by atomic mass is 10.1. The minimum Gasteiger partial charge on any atom is -0.197 e. The van der Waals surface area contributed by atoms with Gasteiger partial charge in [-0.2, -0.15) is 22.7 Å². The van der Waals surface area contributed by atoms with Gasteiger partial charge in [-0.05, 0) is 33.6 Å². The van der Waals surface area contributed by atoms with Crippen LogP contribution in [0.2, 0.25) is 0 Å². The first-order valence-corrected chi connectivity index (χ1v) is 6.41. The summed E-state index contributed by atoms with van der Waals surface area (Å²) in [6, 6.07) is 1.50. The fourth-order valence-electron chi connectivity index (χ4n) is 1.60. The molecule has 0 aliphatic carbocycles. The summed E-state index contributed by atoms with van der Waals surface area (Å²) in [5, 5.41) is 8.81. The molecular formula is C9H17N3O2S. The lowest BCUT2D eigenvalue weighted by Gasteiger charge is -2.26. The van der Waals surface area contributed by atoms with E-state index in [0.717, 1.165) is 6.42 Å². The highest BCUT2D eigenvalue weighted by Crippen LogP contribution is 2.20. The number of nitrogens with zero attached hydrogens (tertiary/aromatic N) is 2. The van der Waals surface area contributed by atoms with Crippen molar-refractivity contribution in [3.05, 3.63) is 0 Å². The minimum absolute atomic E-state index is 0.434. The molecule has 1 saturated heterocycles. The molecule has 0 aromatic carbocycles. The van der Waals surface area contributed by atoms with E-state index in [-0.39, 0.29) is 0 Å². The van der Waals surface area contributed by atoms with Crippen LogP contribution in [0.4, 0.5) is 0 Å². The third-order valence-electron chi connectivity index (χ3n) is 2.10. The highest BCUT2D eigenvalue weighted by molar-refractivity contribution is 7.87. The van der Waals surface area contributed by atoms with Gasteiger partial charge in [0, 0.05) is 12.1 Å². The monoisotopic (exact) mass is 231 g/mol. The van der Waals surface area contributed by atoms with Crippen molar-refractivity contribution in [2.45, 2.75) is 45.2 Å². The fraction of sp³-hybridized carbons (Fsp3) is 0.889. The predicted octanol–water partition coefficient (Wildman–Crippen LogP) is 0.607. The van der Waals surface area contributed by atoms with E-state index in [2.05, 4.69) is 4.72 Å². The van der Waals surface area contributed by atoms with Crippen molar-refractivity contribution in [2.75, 3.05) is 6.54 Å². The van der Waals surface area contributed by atoms with E-state index in [0.29, 0.717) is 13.0 Å². The number of rotatable bonds is 2. The van der Waals surface area contributed by atoms with Gasteiger partial charge in [-0.1, -0.05) is 0 Å².